The minimum absolute atomic E-state index is 0.0196. The fourth-order valence-electron chi connectivity index (χ4n) is 1.34. The molecule has 6 nitrogen and oxygen atoms in total. The normalized spacial score (nSPS) is 11.1. The van der Waals surface area contributed by atoms with E-state index in [1.165, 1.54) is 32.4 Å². The highest BCUT2D eigenvalue weighted by molar-refractivity contribution is 7.89. The van der Waals surface area contributed by atoms with Crippen molar-refractivity contribution in [1.29, 1.82) is 0 Å². The molecule has 0 aliphatic carbocycles. The van der Waals surface area contributed by atoms with Crippen LogP contribution in [0.25, 0.3) is 0 Å². The van der Waals surface area contributed by atoms with Crippen LogP contribution in [0.5, 0.6) is 5.75 Å². The molecular formula is C11H15NO5S. The van der Waals surface area contributed by atoms with Gasteiger partial charge in [0.2, 0.25) is 10.0 Å². The zero-order chi connectivity index (χ0) is 13.8. The molecule has 1 N–H and O–H groups in total. The SMILES string of the molecule is CCOC(=O)c1cc(S(=O)(=O)NC)ccc1OC. The number of nitrogens with one attached hydrogen (secondary N) is 1. The number of hydrogen-bond acceptors (Lipinski definition) is 5. The maximum absolute atomic E-state index is 11.7. The van der Waals surface area contributed by atoms with Crippen LogP contribution in [0.4, 0.5) is 0 Å². The van der Waals surface area contributed by atoms with Crippen LogP contribution >= 0.6 is 0 Å². The Hall–Kier alpha value is -1.60. The fourth-order valence-corrected chi connectivity index (χ4v) is 2.10. The number of benzene rings is 1. The lowest BCUT2D eigenvalue weighted by Crippen LogP contribution is -2.19. The van der Waals surface area contributed by atoms with E-state index in [0.717, 1.165) is 0 Å². The molecule has 0 saturated carbocycles. The van der Waals surface area contributed by atoms with E-state index in [1.807, 2.05) is 0 Å². The maximum atomic E-state index is 11.7. The first-order valence-corrected chi connectivity index (χ1v) is 6.73. The monoisotopic (exact) mass is 273 g/mol. The van der Waals surface area contributed by atoms with Gasteiger partial charge in [-0.05, 0) is 32.2 Å². The summed E-state index contributed by atoms with van der Waals surface area (Å²) >= 11 is 0. The van der Waals surface area contributed by atoms with Crippen molar-refractivity contribution in [1.82, 2.24) is 4.72 Å². The van der Waals surface area contributed by atoms with Gasteiger partial charge in [0.05, 0.1) is 18.6 Å². The van der Waals surface area contributed by atoms with Gasteiger partial charge in [0.25, 0.3) is 0 Å². The van der Waals surface area contributed by atoms with Crippen LogP contribution in [-0.4, -0.2) is 35.2 Å². The van der Waals surface area contributed by atoms with E-state index in [2.05, 4.69) is 4.72 Å². The summed E-state index contributed by atoms with van der Waals surface area (Å²) < 4.78 is 35.3. The molecule has 1 aromatic rings. The maximum Gasteiger partial charge on any atom is 0.341 e. The number of hydrogen-bond donors (Lipinski definition) is 1. The van der Waals surface area contributed by atoms with Crippen molar-refractivity contribution in [3.8, 4) is 5.75 Å². The standard InChI is InChI=1S/C11H15NO5S/c1-4-17-11(13)9-7-8(18(14,15)12-2)5-6-10(9)16-3/h5-7,12H,4H2,1-3H3. The van der Waals surface area contributed by atoms with Crippen LogP contribution in [0.2, 0.25) is 0 Å². The van der Waals surface area contributed by atoms with Crippen molar-refractivity contribution in [3.63, 3.8) is 0 Å². The molecule has 0 atom stereocenters. The average Bonchev–Trinajstić information content (AvgIpc) is 2.38. The Morgan fingerprint density at radius 1 is 1.39 bits per heavy atom. The van der Waals surface area contributed by atoms with Crippen molar-refractivity contribution < 1.29 is 22.7 Å². The highest BCUT2D eigenvalue weighted by atomic mass is 32.2. The van der Waals surface area contributed by atoms with Crippen LogP contribution in [0, 0.1) is 0 Å². The first-order chi connectivity index (χ1) is 8.46. The lowest BCUT2D eigenvalue weighted by molar-refractivity contribution is 0.0522. The molecule has 0 saturated heterocycles. The summed E-state index contributed by atoms with van der Waals surface area (Å²) in [6.45, 7) is 1.86. The van der Waals surface area contributed by atoms with Crippen LogP contribution < -0.4 is 9.46 Å². The summed E-state index contributed by atoms with van der Waals surface area (Å²) in [5.74, 6) is -0.356. The van der Waals surface area contributed by atoms with Crippen molar-refractivity contribution in [2.24, 2.45) is 0 Å². The van der Waals surface area contributed by atoms with Gasteiger partial charge in [-0.15, -0.1) is 0 Å². The van der Waals surface area contributed by atoms with Crippen molar-refractivity contribution >= 4 is 16.0 Å². The van der Waals surface area contributed by atoms with E-state index < -0.39 is 16.0 Å². The minimum Gasteiger partial charge on any atom is -0.496 e. The molecule has 0 unspecified atom stereocenters. The number of ether oxygens (including phenoxy) is 2. The van der Waals surface area contributed by atoms with E-state index in [-0.39, 0.29) is 22.8 Å². The second-order valence-electron chi connectivity index (χ2n) is 3.29. The molecule has 1 rings (SSSR count). The largest absolute Gasteiger partial charge is 0.496 e. The van der Waals surface area contributed by atoms with Gasteiger partial charge >= 0.3 is 5.97 Å². The summed E-state index contributed by atoms with van der Waals surface area (Å²) in [5.41, 5.74) is 0.0793. The highest BCUT2D eigenvalue weighted by Crippen LogP contribution is 2.23. The topological polar surface area (TPSA) is 81.7 Å². The number of methoxy groups -OCH3 is 1. The molecule has 100 valence electrons. The Labute approximate surface area is 106 Å². The Balaban J connectivity index is 3.30. The first kappa shape index (κ1) is 14.5. The predicted octanol–water partition coefficient (Wildman–Crippen LogP) is 0.780. The first-order valence-electron chi connectivity index (χ1n) is 5.25. The van der Waals surface area contributed by atoms with Gasteiger partial charge in [0, 0.05) is 0 Å². The average molecular weight is 273 g/mol. The molecule has 18 heavy (non-hydrogen) atoms. The summed E-state index contributed by atoms with van der Waals surface area (Å²) in [7, 11) is -0.919. The molecule has 0 aliphatic heterocycles. The Morgan fingerprint density at radius 2 is 2.06 bits per heavy atom. The number of esters is 1. The van der Waals surface area contributed by atoms with Crippen molar-refractivity contribution in [2.75, 3.05) is 20.8 Å². The molecule has 0 bridgehead atoms. The molecule has 7 heteroatoms. The third-order valence-corrected chi connectivity index (χ3v) is 3.66. The molecule has 1 aromatic carbocycles. The van der Waals surface area contributed by atoms with Crippen molar-refractivity contribution in [3.05, 3.63) is 23.8 Å². The summed E-state index contributed by atoms with van der Waals surface area (Å²) in [6.07, 6.45) is 0. The second-order valence-corrected chi connectivity index (χ2v) is 5.18. The summed E-state index contributed by atoms with van der Waals surface area (Å²) in [4.78, 5) is 11.7. The quantitative estimate of drug-likeness (QED) is 0.802. The zero-order valence-corrected chi connectivity index (χ0v) is 11.2. The lowest BCUT2D eigenvalue weighted by atomic mass is 10.2. The van der Waals surface area contributed by atoms with Gasteiger partial charge < -0.3 is 9.47 Å². The van der Waals surface area contributed by atoms with Crippen LogP contribution in [0.1, 0.15) is 17.3 Å². The third-order valence-electron chi connectivity index (χ3n) is 2.25. The van der Waals surface area contributed by atoms with Gasteiger partial charge in [0.1, 0.15) is 11.3 Å². The third kappa shape index (κ3) is 2.99. The van der Waals surface area contributed by atoms with Gasteiger partial charge in [-0.1, -0.05) is 0 Å². The smallest absolute Gasteiger partial charge is 0.341 e. The summed E-state index contributed by atoms with van der Waals surface area (Å²) in [6, 6.07) is 3.99. The Morgan fingerprint density at radius 3 is 2.56 bits per heavy atom. The van der Waals surface area contributed by atoms with Gasteiger partial charge in [-0.25, -0.2) is 17.9 Å². The predicted molar refractivity (Wildman–Crippen MR) is 65.2 cm³/mol. The number of carbonyl (C=O) groups excluding carboxylic acids is 1. The molecule has 0 aromatic heterocycles. The Bertz CT molecular complexity index is 538. The molecule has 0 radical (unpaired) electrons. The molecule has 0 spiro atoms. The minimum atomic E-state index is -3.61. The number of rotatable bonds is 5. The van der Waals surface area contributed by atoms with Gasteiger partial charge in [0.15, 0.2) is 0 Å². The van der Waals surface area contributed by atoms with E-state index in [1.54, 1.807) is 6.92 Å². The van der Waals surface area contributed by atoms with E-state index in [9.17, 15) is 13.2 Å². The number of sulfonamides is 1. The Kier molecular flexibility index (Phi) is 4.69. The van der Waals surface area contributed by atoms with Crippen molar-refractivity contribution in [2.45, 2.75) is 11.8 Å². The van der Waals surface area contributed by atoms with Crippen LogP contribution in [0.15, 0.2) is 23.1 Å². The molecule has 0 fully saturated rings. The van der Waals surface area contributed by atoms with E-state index >= 15 is 0 Å². The molecule has 0 amide bonds. The molecule has 0 aliphatic rings. The second kappa shape index (κ2) is 5.83. The fraction of sp³-hybridized carbons (Fsp3) is 0.364. The molecule has 0 heterocycles. The van der Waals surface area contributed by atoms with Crippen LogP contribution in [0.3, 0.4) is 0 Å². The van der Waals surface area contributed by atoms with E-state index in [4.69, 9.17) is 9.47 Å². The lowest BCUT2D eigenvalue weighted by Gasteiger charge is -2.10. The van der Waals surface area contributed by atoms with Gasteiger partial charge in [-0.2, -0.15) is 0 Å². The van der Waals surface area contributed by atoms with Gasteiger partial charge in [-0.3, -0.25) is 0 Å². The summed E-state index contributed by atoms with van der Waals surface area (Å²) in [5, 5.41) is 0. The zero-order valence-electron chi connectivity index (χ0n) is 10.4. The highest BCUT2D eigenvalue weighted by Gasteiger charge is 2.19. The van der Waals surface area contributed by atoms with E-state index in [0.29, 0.717) is 0 Å². The van der Waals surface area contributed by atoms with Crippen LogP contribution in [-0.2, 0) is 14.8 Å². The molecular weight excluding hydrogens is 258 g/mol. The number of carbonyl (C=O) groups is 1.